The lowest BCUT2D eigenvalue weighted by molar-refractivity contribution is -0.137. The van der Waals surface area contributed by atoms with Crippen molar-refractivity contribution in [2.45, 2.75) is 50.9 Å². The Hall–Kier alpha value is -1.25. The number of benzene rings is 1. The lowest BCUT2D eigenvalue weighted by Gasteiger charge is -2.15. The average molecular weight is 308 g/mol. The molecular weight excluding hydrogens is 283 g/mol. The summed E-state index contributed by atoms with van der Waals surface area (Å²) >= 11 is 0. The molecule has 3 atom stereocenters. The summed E-state index contributed by atoms with van der Waals surface area (Å²) in [6, 6.07) is 8.87. The van der Waals surface area contributed by atoms with Gasteiger partial charge in [0.25, 0.3) is 0 Å². The van der Waals surface area contributed by atoms with E-state index in [1.165, 1.54) is 0 Å². The van der Waals surface area contributed by atoms with Gasteiger partial charge in [0.1, 0.15) is 12.3 Å². The van der Waals surface area contributed by atoms with E-state index in [4.69, 9.17) is 15.9 Å². The van der Waals surface area contributed by atoms with Crippen LogP contribution in [0.25, 0.3) is 0 Å². The molecule has 0 saturated carbocycles. The highest BCUT2D eigenvalue weighted by molar-refractivity contribution is 7.17. The number of rotatable bonds is 9. The topological polar surface area (TPSA) is 76.2 Å². The average Bonchev–Trinajstić information content (AvgIpc) is 2.50. The molecule has 0 aliphatic rings. The summed E-state index contributed by atoms with van der Waals surface area (Å²) in [5.41, 5.74) is 7.16. The number of nitrogens with two attached hydrogens (primary N) is 1. The molecular formula is C16H25N2O2P. The van der Waals surface area contributed by atoms with Gasteiger partial charge in [0.15, 0.2) is 0 Å². The van der Waals surface area contributed by atoms with Gasteiger partial charge in [-0.1, -0.05) is 43.7 Å². The smallest absolute Gasteiger partial charge is 0.353 e. The van der Waals surface area contributed by atoms with Crippen LogP contribution in [0, 0.1) is 5.41 Å². The van der Waals surface area contributed by atoms with E-state index in [0.717, 1.165) is 24.8 Å². The Morgan fingerprint density at radius 2 is 1.95 bits per heavy atom. The second-order valence-electron chi connectivity index (χ2n) is 5.21. The van der Waals surface area contributed by atoms with E-state index >= 15 is 0 Å². The van der Waals surface area contributed by atoms with Gasteiger partial charge in [0, 0.05) is 0 Å². The summed E-state index contributed by atoms with van der Waals surface area (Å²) < 4.78 is 5.12. The summed E-state index contributed by atoms with van der Waals surface area (Å²) in [6.07, 6.45) is 3.77. The van der Waals surface area contributed by atoms with Crippen LogP contribution in [0.4, 0.5) is 0 Å². The monoisotopic (exact) mass is 308 g/mol. The summed E-state index contributed by atoms with van der Waals surface area (Å²) in [6.45, 7) is 2.32. The number of nitrogens with one attached hydrogen (secondary N) is 1. The summed E-state index contributed by atoms with van der Waals surface area (Å²) in [5.74, 6) is -0.623. The number of esters is 1. The molecule has 0 aromatic heterocycles. The Morgan fingerprint density at radius 3 is 2.57 bits per heavy atom. The lowest BCUT2D eigenvalue weighted by atomic mass is 10.0. The molecule has 0 aliphatic carbocycles. The number of ether oxygens (including phenoxy) is 1. The zero-order valence-electron chi connectivity index (χ0n) is 12.5. The van der Waals surface area contributed by atoms with E-state index in [1.807, 2.05) is 30.3 Å². The third kappa shape index (κ3) is 6.83. The highest BCUT2D eigenvalue weighted by atomic mass is 31.0. The van der Waals surface area contributed by atoms with E-state index in [0.29, 0.717) is 12.1 Å². The molecule has 21 heavy (non-hydrogen) atoms. The number of hydrogen-bond acceptors (Lipinski definition) is 4. The fraction of sp³-hybridized carbons (Fsp3) is 0.500. The standard InChI is InChI=1S/C16H25N2O2P/c1-2-6-13(21)9-10-14(17)15(18)16(19)20-11-12-7-4-3-5-8-12/h3-5,7-8,13-14,18H,2,6,9-11,17,21H2,1H3. The van der Waals surface area contributed by atoms with Crippen LogP contribution in [0.15, 0.2) is 30.3 Å². The predicted molar refractivity (Wildman–Crippen MR) is 89.6 cm³/mol. The lowest BCUT2D eigenvalue weighted by Crippen LogP contribution is -2.36. The quantitative estimate of drug-likeness (QED) is 0.418. The highest BCUT2D eigenvalue weighted by Gasteiger charge is 2.19. The largest absolute Gasteiger partial charge is 0.456 e. The second kappa shape index (κ2) is 9.64. The van der Waals surface area contributed by atoms with Gasteiger partial charge >= 0.3 is 5.97 Å². The summed E-state index contributed by atoms with van der Waals surface area (Å²) in [5, 5.41) is 7.81. The minimum atomic E-state index is -0.623. The van der Waals surface area contributed by atoms with Crippen molar-refractivity contribution < 1.29 is 9.53 Å². The van der Waals surface area contributed by atoms with E-state index in [-0.39, 0.29) is 12.3 Å². The minimum absolute atomic E-state index is 0.139. The normalized spacial score (nSPS) is 13.5. The second-order valence-corrected chi connectivity index (χ2v) is 6.15. The molecule has 0 spiro atoms. The first-order valence-electron chi connectivity index (χ1n) is 7.35. The van der Waals surface area contributed by atoms with Gasteiger partial charge in [-0.05, 0) is 30.5 Å². The van der Waals surface area contributed by atoms with Crippen LogP contribution in [0.3, 0.4) is 0 Å². The molecule has 1 aromatic carbocycles. The molecule has 0 amide bonds. The SMILES string of the molecule is CCCC(P)CCC(N)C(=N)C(=O)OCc1ccccc1. The van der Waals surface area contributed by atoms with Crippen molar-refractivity contribution >= 4 is 20.9 Å². The van der Waals surface area contributed by atoms with Crippen molar-refractivity contribution in [3.8, 4) is 0 Å². The molecule has 3 unspecified atom stereocenters. The first-order valence-corrected chi connectivity index (χ1v) is 8.02. The third-order valence-corrected chi connectivity index (χ3v) is 3.98. The Morgan fingerprint density at radius 1 is 1.29 bits per heavy atom. The summed E-state index contributed by atoms with van der Waals surface area (Å²) in [4.78, 5) is 11.8. The Bertz CT molecular complexity index is 451. The van der Waals surface area contributed by atoms with Gasteiger partial charge in [0.05, 0.1) is 6.04 Å². The maximum Gasteiger partial charge on any atom is 0.353 e. The van der Waals surface area contributed by atoms with E-state index < -0.39 is 12.0 Å². The summed E-state index contributed by atoms with van der Waals surface area (Å²) in [7, 11) is 2.80. The Kier molecular flexibility index (Phi) is 8.17. The van der Waals surface area contributed by atoms with Crippen molar-refractivity contribution in [3.63, 3.8) is 0 Å². The van der Waals surface area contributed by atoms with Gasteiger partial charge in [0.2, 0.25) is 0 Å². The number of carbonyl (C=O) groups is 1. The van der Waals surface area contributed by atoms with Crippen molar-refractivity contribution in [2.75, 3.05) is 0 Å². The molecule has 1 rings (SSSR count). The van der Waals surface area contributed by atoms with Gasteiger partial charge < -0.3 is 10.5 Å². The van der Waals surface area contributed by atoms with Gasteiger partial charge in [-0.3, -0.25) is 5.41 Å². The first-order chi connectivity index (χ1) is 10.0. The maximum atomic E-state index is 11.8. The third-order valence-electron chi connectivity index (χ3n) is 3.31. The molecule has 0 fully saturated rings. The van der Waals surface area contributed by atoms with Crippen LogP contribution < -0.4 is 5.73 Å². The van der Waals surface area contributed by atoms with E-state index in [1.54, 1.807) is 0 Å². The molecule has 3 N–H and O–H groups in total. The van der Waals surface area contributed by atoms with Crippen molar-refractivity contribution in [3.05, 3.63) is 35.9 Å². The predicted octanol–water partition coefficient (Wildman–Crippen LogP) is 2.90. The Balaban J connectivity index is 2.34. The molecule has 0 radical (unpaired) electrons. The molecule has 1 aromatic rings. The molecule has 0 heterocycles. The van der Waals surface area contributed by atoms with Crippen molar-refractivity contribution in [2.24, 2.45) is 5.73 Å². The van der Waals surface area contributed by atoms with E-state index in [2.05, 4.69) is 16.2 Å². The van der Waals surface area contributed by atoms with Gasteiger partial charge in [-0.2, -0.15) is 0 Å². The van der Waals surface area contributed by atoms with Crippen LogP contribution in [0.1, 0.15) is 38.2 Å². The fourth-order valence-electron chi connectivity index (χ4n) is 2.01. The molecule has 4 nitrogen and oxygen atoms in total. The molecule has 0 bridgehead atoms. The Labute approximate surface area is 129 Å². The van der Waals surface area contributed by atoms with Crippen LogP contribution in [-0.4, -0.2) is 23.4 Å². The first kappa shape index (κ1) is 17.8. The zero-order valence-corrected chi connectivity index (χ0v) is 13.7. The number of hydrogen-bond donors (Lipinski definition) is 2. The van der Waals surface area contributed by atoms with Crippen molar-refractivity contribution in [1.82, 2.24) is 0 Å². The molecule has 0 saturated heterocycles. The molecule has 5 heteroatoms. The minimum Gasteiger partial charge on any atom is -0.456 e. The molecule has 116 valence electrons. The van der Waals surface area contributed by atoms with Crippen LogP contribution in [0.5, 0.6) is 0 Å². The van der Waals surface area contributed by atoms with Crippen LogP contribution >= 0.6 is 9.24 Å². The van der Waals surface area contributed by atoms with Crippen LogP contribution in [-0.2, 0) is 16.1 Å². The van der Waals surface area contributed by atoms with Gasteiger partial charge in [-0.15, -0.1) is 9.24 Å². The fourth-order valence-corrected chi connectivity index (χ4v) is 2.53. The van der Waals surface area contributed by atoms with Gasteiger partial charge in [-0.25, -0.2) is 4.79 Å². The molecule has 0 aliphatic heterocycles. The van der Waals surface area contributed by atoms with Crippen LogP contribution in [0.2, 0.25) is 0 Å². The highest BCUT2D eigenvalue weighted by Crippen LogP contribution is 2.15. The van der Waals surface area contributed by atoms with Crippen molar-refractivity contribution in [1.29, 1.82) is 5.41 Å². The number of carbonyl (C=O) groups excluding carboxylic acids is 1. The zero-order chi connectivity index (χ0) is 15.7. The maximum absolute atomic E-state index is 11.8. The van der Waals surface area contributed by atoms with E-state index in [9.17, 15) is 4.79 Å².